The molecule has 3 heterocycles. The van der Waals surface area contributed by atoms with Crippen molar-refractivity contribution in [2.75, 3.05) is 23.9 Å². The van der Waals surface area contributed by atoms with Crippen LogP contribution in [0, 0.1) is 0 Å². The van der Waals surface area contributed by atoms with Crippen molar-refractivity contribution in [1.29, 1.82) is 0 Å². The number of nitrogens with one attached hydrogen (secondary N) is 1. The lowest BCUT2D eigenvalue weighted by molar-refractivity contribution is -0.0896. The number of ether oxygens (including phenoxy) is 2. The Morgan fingerprint density at radius 2 is 2.03 bits per heavy atom. The summed E-state index contributed by atoms with van der Waals surface area (Å²) in [5.74, 6) is 0.567. The number of rotatable bonds is 9. The standard InChI is InChI=1S/C19H29ClN5O7PS/c1-19(9-34-2,33(28,29)30)31-8-12-13(26)14(27)17(32-12)25-16-11(7-21-25)15(23-18(20)24-16)22-10-5-3-4-6-10/h7,10,12-14,17,26-27H,3-6,8-9H2,1-2H3,(H,22,23,24)(H2,28,29,30)/t12-,13-,14-,17+,19?/m1/s1. The molecule has 34 heavy (non-hydrogen) atoms. The van der Waals surface area contributed by atoms with Crippen LogP contribution >= 0.6 is 31.0 Å². The molecule has 0 spiro atoms. The smallest absolute Gasteiger partial charge is 0.357 e. The molecule has 190 valence electrons. The fraction of sp³-hybridized carbons (Fsp3) is 0.737. The van der Waals surface area contributed by atoms with Gasteiger partial charge in [-0.25, -0.2) is 4.68 Å². The van der Waals surface area contributed by atoms with Crippen molar-refractivity contribution in [3.8, 4) is 0 Å². The Labute approximate surface area is 205 Å². The van der Waals surface area contributed by atoms with Gasteiger partial charge >= 0.3 is 7.60 Å². The summed E-state index contributed by atoms with van der Waals surface area (Å²) in [6.45, 7) is 0.957. The first-order valence-corrected chi connectivity index (χ1v) is 14.3. The second-order valence-electron chi connectivity index (χ2n) is 8.80. The summed E-state index contributed by atoms with van der Waals surface area (Å²) < 4.78 is 24.6. The number of aliphatic hydroxyl groups excluding tert-OH is 2. The minimum atomic E-state index is -4.61. The summed E-state index contributed by atoms with van der Waals surface area (Å²) in [6, 6.07) is 0.277. The van der Waals surface area contributed by atoms with E-state index in [4.69, 9.17) is 21.1 Å². The molecule has 2 fully saturated rings. The van der Waals surface area contributed by atoms with E-state index in [2.05, 4.69) is 20.4 Å². The van der Waals surface area contributed by atoms with Crippen LogP contribution in [0.5, 0.6) is 0 Å². The van der Waals surface area contributed by atoms with Crippen molar-refractivity contribution in [3.05, 3.63) is 11.5 Å². The zero-order valence-corrected chi connectivity index (χ0v) is 21.2. The Hall–Kier alpha value is -1.02. The van der Waals surface area contributed by atoms with Gasteiger partial charge in [-0.05, 0) is 37.6 Å². The van der Waals surface area contributed by atoms with E-state index in [0.29, 0.717) is 16.9 Å². The SMILES string of the molecule is CSCC(C)(OC[C@H]1O[C@H](n2ncc3c(NC4CCCC4)nc(Cl)nc32)[C@H](O)[C@@H]1O)P(=O)(O)O. The predicted molar refractivity (Wildman–Crippen MR) is 127 cm³/mol. The first-order chi connectivity index (χ1) is 16.0. The Kier molecular flexibility index (Phi) is 7.78. The molecule has 12 nitrogen and oxygen atoms in total. The van der Waals surface area contributed by atoms with Gasteiger partial charge in [0.2, 0.25) is 5.28 Å². The molecule has 4 rings (SSSR count). The molecule has 15 heteroatoms. The third kappa shape index (κ3) is 5.09. The molecule has 1 unspecified atom stereocenters. The summed E-state index contributed by atoms with van der Waals surface area (Å²) in [4.78, 5) is 28.0. The number of thioether (sulfide) groups is 1. The highest BCUT2D eigenvalue weighted by atomic mass is 35.5. The Morgan fingerprint density at radius 1 is 1.32 bits per heavy atom. The molecular formula is C19H29ClN5O7PS. The second kappa shape index (κ2) is 10.2. The molecule has 1 saturated heterocycles. The minimum absolute atomic E-state index is 0.00265. The van der Waals surface area contributed by atoms with Crippen LogP contribution in [0.1, 0.15) is 38.8 Å². The average Bonchev–Trinajstić information content (AvgIpc) is 3.48. The van der Waals surface area contributed by atoms with Crippen molar-refractivity contribution < 1.29 is 34.0 Å². The van der Waals surface area contributed by atoms with E-state index >= 15 is 0 Å². The Morgan fingerprint density at radius 3 is 2.68 bits per heavy atom. The van der Waals surface area contributed by atoms with Gasteiger partial charge in [-0.3, -0.25) is 4.57 Å². The van der Waals surface area contributed by atoms with E-state index in [1.807, 2.05) is 0 Å². The second-order valence-corrected chi connectivity index (χ2v) is 12.0. The third-order valence-electron chi connectivity index (χ3n) is 6.29. The first-order valence-electron chi connectivity index (χ1n) is 10.9. The van der Waals surface area contributed by atoms with Crippen LogP contribution in [0.15, 0.2) is 6.20 Å². The van der Waals surface area contributed by atoms with E-state index in [1.165, 1.54) is 23.4 Å². The minimum Gasteiger partial charge on any atom is -0.387 e. The fourth-order valence-electron chi connectivity index (χ4n) is 4.27. The molecule has 0 amide bonds. The molecule has 2 aromatic heterocycles. The lowest BCUT2D eigenvalue weighted by Gasteiger charge is -2.31. The fourth-order valence-corrected chi connectivity index (χ4v) is 6.35. The van der Waals surface area contributed by atoms with E-state index in [9.17, 15) is 24.6 Å². The van der Waals surface area contributed by atoms with Gasteiger partial charge in [0, 0.05) is 11.8 Å². The topological polar surface area (TPSA) is 172 Å². The maximum absolute atomic E-state index is 11.9. The maximum Gasteiger partial charge on any atom is 0.357 e. The molecule has 1 aliphatic heterocycles. The summed E-state index contributed by atoms with van der Waals surface area (Å²) in [7, 11) is -4.61. The number of aliphatic hydroxyl groups is 2. The first kappa shape index (κ1) is 26.1. The maximum atomic E-state index is 11.9. The summed E-state index contributed by atoms with van der Waals surface area (Å²) in [5.41, 5.74) is 0.320. The zero-order chi connectivity index (χ0) is 24.7. The van der Waals surface area contributed by atoms with Crippen LogP contribution in [0.4, 0.5) is 5.82 Å². The van der Waals surface area contributed by atoms with Crippen LogP contribution in [-0.2, 0) is 14.0 Å². The lowest BCUT2D eigenvalue weighted by Crippen LogP contribution is -2.39. The number of anilines is 1. The number of aromatic nitrogens is 4. The van der Waals surface area contributed by atoms with Crippen molar-refractivity contribution in [2.45, 2.75) is 68.5 Å². The van der Waals surface area contributed by atoms with Crippen LogP contribution < -0.4 is 5.32 Å². The Bertz CT molecular complexity index is 1070. The van der Waals surface area contributed by atoms with E-state index < -0.39 is 37.5 Å². The normalized spacial score (nSPS) is 28.0. The van der Waals surface area contributed by atoms with Gasteiger partial charge < -0.3 is 34.8 Å². The zero-order valence-electron chi connectivity index (χ0n) is 18.7. The lowest BCUT2D eigenvalue weighted by atomic mass is 10.1. The Balaban J connectivity index is 1.55. The molecule has 0 bridgehead atoms. The number of halogens is 1. The molecular weight excluding hydrogens is 509 g/mol. The van der Waals surface area contributed by atoms with Crippen LogP contribution in [0.2, 0.25) is 5.28 Å². The molecule has 2 aliphatic rings. The van der Waals surface area contributed by atoms with Gasteiger partial charge in [-0.1, -0.05) is 12.8 Å². The van der Waals surface area contributed by atoms with Gasteiger partial charge in [0.25, 0.3) is 0 Å². The largest absolute Gasteiger partial charge is 0.387 e. The molecule has 0 radical (unpaired) electrons. The van der Waals surface area contributed by atoms with E-state index in [-0.39, 0.29) is 23.7 Å². The van der Waals surface area contributed by atoms with Crippen molar-refractivity contribution >= 4 is 47.8 Å². The molecule has 2 aromatic rings. The number of fused-ring (bicyclic) bond motifs is 1. The predicted octanol–water partition coefficient (Wildman–Crippen LogP) is 1.73. The molecule has 0 aromatic carbocycles. The monoisotopic (exact) mass is 537 g/mol. The number of nitrogens with zero attached hydrogens (tertiary/aromatic N) is 4. The van der Waals surface area contributed by atoms with Crippen LogP contribution in [0.25, 0.3) is 11.0 Å². The van der Waals surface area contributed by atoms with Crippen LogP contribution in [-0.4, -0.2) is 88.1 Å². The molecule has 5 atom stereocenters. The highest BCUT2D eigenvalue weighted by Crippen LogP contribution is 2.52. The summed E-state index contributed by atoms with van der Waals surface area (Å²) in [6.07, 6.45) is 2.63. The summed E-state index contributed by atoms with van der Waals surface area (Å²) in [5, 5.41) is 27.7. The van der Waals surface area contributed by atoms with Gasteiger partial charge in [0.1, 0.15) is 24.1 Å². The summed E-state index contributed by atoms with van der Waals surface area (Å²) >= 11 is 7.38. The molecule has 1 aliphatic carbocycles. The molecule has 1 saturated carbocycles. The highest BCUT2D eigenvalue weighted by Gasteiger charge is 2.48. The highest BCUT2D eigenvalue weighted by molar-refractivity contribution is 7.98. The number of hydrogen-bond donors (Lipinski definition) is 5. The third-order valence-corrected chi connectivity index (χ3v) is 9.03. The van der Waals surface area contributed by atoms with Gasteiger partial charge in [0.15, 0.2) is 17.2 Å². The van der Waals surface area contributed by atoms with Crippen molar-refractivity contribution in [2.24, 2.45) is 0 Å². The van der Waals surface area contributed by atoms with Crippen molar-refractivity contribution in [1.82, 2.24) is 19.7 Å². The van der Waals surface area contributed by atoms with Crippen LogP contribution in [0.3, 0.4) is 0 Å². The van der Waals surface area contributed by atoms with Gasteiger partial charge in [-0.15, -0.1) is 0 Å². The van der Waals surface area contributed by atoms with E-state index in [0.717, 1.165) is 25.7 Å². The average molecular weight is 538 g/mol. The van der Waals surface area contributed by atoms with E-state index in [1.54, 1.807) is 12.5 Å². The van der Waals surface area contributed by atoms with Crippen molar-refractivity contribution in [3.63, 3.8) is 0 Å². The van der Waals surface area contributed by atoms with Gasteiger partial charge in [0.05, 0.1) is 18.2 Å². The van der Waals surface area contributed by atoms with Gasteiger partial charge in [-0.2, -0.15) is 26.8 Å². The quantitative estimate of drug-likeness (QED) is 0.232. The number of hydrogen-bond acceptors (Lipinski definition) is 10. The molecule has 5 N–H and O–H groups in total.